The van der Waals surface area contributed by atoms with E-state index < -0.39 is 0 Å². The van der Waals surface area contributed by atoms with E-state index in [1.165, 1.54) is 5.56 Å². The van der Waals surface area contributed by atoms with E-state index in [2.05, 4.69) is 79.3 Å². The van der Waals surface area contributed by atoms with Gasteiger partial charge in [0.2, 0.25) is 0 Å². The Morgan fingerprint density at radius 2 is 1.61 bits per heavy atom. The van der Waals surface area contributed by atoms with Gasteiger partial charge in [-0.2, -0.15) is 9.78 Å². The van der Waals surface area contributed by atoms with Gasteiger partial charge >= 0.3 is 0 Å². The van der Waals surface area contributed by atoms with Crippen molar-refractivity contribution in [3.8, 4) is 11.6 Å². The van der Waals surface area contributed by atoms with Gasteiger partial charge in [0.05, 0.1) is 29.7 Å². The SMILES string of the molecule is CCOc1ccc(NC2=Nc3ccccc3N3C2=Nc2c(c(C)nn2-c2ccccn2)[C@H]3c2ccc(C(C)(C)C)cc2)cc1. The van der Waals surface area contributed by atoms with Crippen molar-refractivity contribution in [2.45, 2.75) is 46.1 Å². The van der Waals surface area contributed by atoms with Crippen LogP contribution in [-0.2, 0) is 5.41 Å². The van der Waals surface area contributed by atoms with Crippen molar-refractivity contribution in [1.29, 1.82) is 0 Å². The van der Waals surface area contributed by atoms with Crippen LogP contribution in [0.15, 0.2) is 107 Å². The summed E-state index contributed by atoms with van der Waals surface area (Å²) in [4.78, 5) is 17.3. The number of anilines is 2. The zero-order valence-electron chi connectivity index (χ0n) is 25.6. The predicted octanol–water partition coefficient (Wildman–Crippen LogP) is 8.07. The molecule has 1 N–H and O–H groups in total. The molecule has 0 unspecified atom stereocenters. The molecule has 3 aromatic carbocycles. The molecule has 8 nitrogen and oxygen atoms in total. The van der Waals surface area contributed by atoms with Crippen LogP contribution in [-0.4, -0.2) is 33.0 Å². The highest BCUT2D eigenvalue weighted by molar-refractivity contribution is 6.51. The Morgan fingerprint density at radius 3 is 2.32 bits per heavy atom. The smallest absolute Gasteiger partial charge is 0.179 e. The van der Waals surface area contributed by atoms with Gasteiger partial charge in [0, 0.05) is 17.4 Å². The van der Waals surface area contributed by atoms with Crippen LogP contribution in [0.3, 0.4) is 0 Å². The Bertz CT molecular complexity index is 1880. The van der Waals surface area contributed by atoms with Crippen molar-refractivity contribution in [1.82, 2.24) is 14.8 Å². The van der Waals surface area contributed by atoms with Gasteiger partial charge in [-0.3, -0.25) is 0 Å². The molecule has 2 aromatic heterocycles. The molecule has 0 fully saturated rings. The van der Waals surface area contributed by atoms with E-state index in [4.69, 9.17) is 19.8 Å². The van der Waals surface area contributed by atoms with Gasteiger partial charge in [-0.05, 0) is 78.9 Å². The van der Waals surface area contributed by atoms with Gasteiger partial charge in [0.1, 0.15) is 5.75 Å². The highest BCUT2D eigenvalue weighted by Crippen LogP contribution is 2.48. The molecule has 0 saturated carbocycles. The number of aliphatic imine (C=N–C) groups is 2. The Balaban J connectivity index is 1.43. The Hall–Kier alpha value is -5.24. The van der Waals surface area contributed by atoms with E-state index in [1.807, 2.05) is 66.2 Å². The van der Waals surface area contributed by atoms with Crippen molar-refractivity contribution in [3.63, 3.8) is 0 Å². The summed E-state index contributed by atoms with van der Waals surface area (Å²) in [5.74, 6) is 3.65. The lowest BCUT2D eigenvalue weighted by Crippen LogP contribution is -2.46. The fraction of sp³-hybridized carbons (Fsp3) is 0.222. The second-order valence-corrected chi connectivity index (χ2v) is 12.0. The zero-order valence-corrected chi connectivity index (χ0v) is 25.6. The number of nitrogens with zero attached hydrogens (tertiary/aromatic N) is 6. The van der Waals surface area contributed by atoms with Gasteiger partial charge in [0.15, 0.2) is 23.3 Å². The summed E-state index contributed by atoms with van der Waals surface area (Å²) < 4.78 is 7.51. The average Bonchev–Trinajstić information content (AvgIpc) is 3.37. The van der Waals surface area contributed by atoms with E-state index in [1.54, 1.807) is 6.20 Å². The number of aromatic nitrogens is 3. The molecule has 0 spiro atoms. The van der Waals surface area contributed by atoms with E-state index in [9.17, 15) is 0 Å². The number of benzene rings is 3. The molecule has 0 saturated heterocycles. The molecule has 44 heavy (non-hydrogen) atoms. The molecule has 0 amide bonds. The van der Waals surface area contributed by atoms with Crippen molar-refractivity contribution in [3.05, 3.63) is 120 Å². The molecule has 2 aliphatic heterocycles. The summed E-state index contributed by atoms with van der Waals surface area (Å²) in [6.07, 6.45) is 1.78. The number of hydrogen-bond donors (Lipinski definition) is 1. The maximum Gasteiger partial charge on any atom is 0.179 e. The second-order valence-electron chi connectivity index (χ2n) is 12.0. The Kier molecular flexibility index (Phi) is 6.77. The van der Waals surface area contributed by atoms with Crippen LogP contribution in [0.4, 0.5) is 22.9 Å². The molecule has 1 atom stereocenters. The topological polar surface area (TPSA) is 79.9 Å². The van der Waals surface area contributed by atoms with Gasteiger partial charge in [-0.25, -0.2) is 15.0 Å². The molecule has 7 rings (SSSR count). The minimum Gasteiger partial charge on any atom is -0.494 e. The summed E-state index contributed by atoms with van der Waals surface area (Å²) in [7, 11) is 0. The zero-order chi connectivity index (χ0) is 30.4. The number of amidine groups is 2. The largest absolute Gasteiger partial charge is 0.494 e. The number of pyridine rings is 1. The summed E-state index contributed by atoms with van der Waals surface area (Å²) in [6.45, 7) is 11.4. The highest BCUT2D eigenvalue weighted by atomic mass is 16.5. The van der Waals surface area contributed by atoms with E-state index in [0.717, 1.165) is 45.5 Å². The molecule has 5 aromatic rings. The normalized spacial score (nSPS) is 15.5. The fourth-order valence-corrected chi connectivity index (χ4v) is 5.86. The summed E-state index contributed by atoms with van der Waals surface area (Å²) in [5, 5.41) is 8.56. The quantitative estimate of drug-likeness (QED) is 0.227. The van der Waals surface area contributed by atoms with Crippen molar-refractivity contribution in [2.24, 2.45) is 9.98 Å². The summed E-state index contributed by atoms with van der Waals surface area (Å²) >= 11 is 0. The molecule has 2 aliphatic rings. The Labute approximate surface area is 257 Å². The maximum absolute atomic E-state index is 5.67. The minimum absolute atomic E-state index is 0.0435. The molecule has 0 aliphatic carbocycles. The van der Waals surface area contributed by atoms with E-state index in [0.29, 0.717) is 24.1 Å². The first-order chi connectivity index (χ1) is 21.3. The summed E-state index contributed by atoms with van der Waals surface area (Å²) in [6, 6.07) is 30.7. The van der Waals surface area contributed by atoms with Crippen LogP contribution >= 0.6 is 0 Å². The van der Waals surface area contributed by atoms with Crippen molar-refractivity contribution >= 4 is 34.6 Å². The molecule has 4 heterocycles. The minimum atomic E-state index is -0.197. The highest BCUT2D eigenvalue weighted by Gasteiger charge is 2.41. The van der Waals surface area contributed by atoms with Crippen LogP contribution in [0.5, 0.6) is 5.75 Å². The number of para-hydroxylation sites is 2. The lowest BCUT2D eigenvalue weighted by atomic mass is 9.85. The summed E-state index contributed by atoms with van der Waals surface area (Å²) in [5.41, 5.74) is 7.17. The third-order valence-electron chi connectivity index (χ3n) is 8.03. The van der Waals surface area contributed by atoms with Crippen molar-refractivity contribution < 1.29 is 4.74 Å². The Morgan fingerprint density at radius 1 is 0.864 bits per heavy atom. The average molecular weight is 582 g/mol. The number of aryl methyl sites for hydroxylation is 1. The number of nitrogens with one attached hydrogen (secondary N) is 1. The maximum atomic E-state index is 5.67. The van der Waals surface area contributed by atoms with Crippen LogP contribution in [0.1, 0.15) is 56.1 Å². The van der Waals surface area contributed by atoms with Gasteiger partial charge < -0.3 is 15.0 Å². The number of rotatable bonds is 5. The number of hydrogen-bond acceptors (Lipinski definition) is 7. The second kappa shape index (κ2) is 10.8. The van der Waals surface area contributed by atoms with E-state index in [-0.39, 0.29) is 11.5 Å². The molecule has 220 valence electrons. The van der Waals surface area contributed by atoms with Crippen LogP contribution < -0.4 is 15.0 Å². The van der Waals surface area contributed by atoms with Crippen molar-refractivity contribution in [2.75, 3.05) is 16.8 Å². The first kappa shape index (κ1) is 27.6. The predicted molar refractivity (Wildman–Crippen MR) is 177 cm³/mol. The standard InChI is InChI=1S/C36H35N7O/c1-6-44-27-20-18-26(19-21-27)38-33-35-40-34-31(23(2)41-43(34)30-13-9-10-22-37-30)32(24-14-16-25(17-15-24)36(3,4)5)42(35)29-12-8-7-11-28(29)39-33/h7-22,32H,6H2,1-5H3,(H,38,39)/t32-/m1/s1. The monoisotopic (exact) mass is 581 g/mol. The first-order valence-corrected chi connectivity index (χ1v) is 15.0. The fourth-order valence-electron chi connectivity index (χ4n) is 5.86. The lowest BCUT2D eigenvalue weighted by molar-refractivity contribution is 0.340. The van der Waals surface area contributed by atoms with Gasteiger partial charge in [0.25, 0.3) is 0 Å². The third-order valence-corrected chi connectivity index (χ3v) is 8.03. The number of fused-ring (bicyclic) bond motifs is 4. The van der Waals surface area contributed by atoms with Crippen LogP contribution in [0.2, 0.25) is 0 Å². The molecular formula is C36H35N7O. The van der Waals surface area contributed by atoms with Crippen LogP contribution in [0.25, 0.3) is 5.82 Å². The first-order valence-electron chi connectivity index (χ1n) is 15.0. The lowest BCUT2D eigenvalue weighted by Gasteiger charge is -2.40. The van der Waals surface area contributed by atoms with Gasteiger partial charge in [-0.1, -0.05) is 63.2 Å². The molecule has 0 radical (unpaired) electrons. The van der Waals surface area contributed by atoms with Crippen LogP contribution in [0, 0.1) is 6.92 Å². The van der Waals surface area contributed by atoms with Gasteiger partial charge in [-0.15, -0.1) is 0 Å². The number of ether oxygens (including phenoxy) is 1. The molecule has 0 bridgehead atoms. The molecule has 8 heteroatoms. The third kappa shape index (κ3) is 4.82. The molecular weight excluding hydrogens is 546 g/mol. The van der Waals surface area contributed by atoms with E-state index >= 15 is 0 Å².